The van der Waals surface area contributed by atoms with E-state index in [1.54, 1.807) is 11.3 Å². The predicted octanol–water partition coefficient (Wildman–Crippen LogP) is 4.28. The molecule has 2 heteroatoms. The number of hydrogen-bond donors (Lipinski definition) is 0. The van der Waals surface area contributed by atoms with Gasteiger partial charge in [0.05, 0.1) is 10.2 Å². The standard InChI is InChI=1S/C19H19NS/c1-6-12-14-10-11-15-13(7-2)17(9-4)21-19(15)18(14)20(5)16(12)8-3/h6-11H,2,4H2,1,3,5H3/b12-6-,16-8+. The van der Waals surface area contributed by atoms with E-state index >= 15 is 0 Å². The van der Waals surface area contributed by atoms with Crippen molar-refractivity contribution in [1.82, 2.24) is 4.57 Å². The summed E-state index contributed by atoms with van der Waals surface area (Å²) in [5.41, 5.74) is 2.49. The van der Waals surface area contributed by atoms with E-state index in [0.29, 0.717) is 0 Å². The number of rotatable bonds is 2. The highest BCUT2D eigenvalue weighted by Crippen LogP contribution is 2.36. The van der Waals surface area contributed by atoms with E-state index in [9.17, 15) is 0 Å². The summed E-state index contributed by atoms with van der Waals surface area (Å²) in [4.78, 5) is 1.19. The molecule has 0 saturated heterocycles. The zero-order valence-corrected chi connectivity index (χ0v) is 13.6. The van der Waals surface area contributed by atoms with Crippen molar-refractivity contribution < 1.29 is 0 Å². The fourth-order valence-electron chi connectivity index (χ4n) is 3.19. The highest BCUT2D eigenvalue weighted by molar-refractivity contribution is 7.21. The van der Waals surface area contributed by atoms with E-state index in [-0.39, 0.29) is 0 Å². The van der Waals surface area contributed by atoms with Crippen LogP contribution in [0.2, 0.25) is 0 Å². The van der Waals surface area contributed by atoms with Gasteiger partial charge in [0.25, 0.3) is 0 Å². The first-order valence-corrected chi connectivity index (χ1v) is 7.91. The molecule has 0 radical (unpaired) electrons. The number of thiophene rings is 1. The topological polar surface area (TPSA) is 4.93 Å². The quantitative estimate of drug-likeness (QED) is 0.664. The minimum Gasteiger partial charge on any atom is -0.343 e. The van der Waals surface area contributed by atoms with Gasteiger partial charge in [-0.1, -0.05) is 49.6 Å². The van der Waals surface area contributed by atoms with Crippen molar-refractivity contribution in [3.63, 3.8) is 0 Å². The maximum atomic E-state index is 3.96. The first-order valence-electron chi connectivity index (χ1n) is 7.09. The molecule has 2 heterocycles. The molecule has 0 saturated carbocycles. The van der Waals surface area contributed by atoms with Gasteiger partial charge in [0.1, 0.15) is 0 Å². The van der Waals surface area contributed by atoms with E-state index in [2.05, 4.69) is 62.9 Å². The van der Waals surface area contributed by atoms with Gasteiger partial charge >= 0.3 is 0 Å². The molecule has 0 N–H and O–H groups in total. The third-order valence-electron chi connectivity index (χ3n) is 4.11. The van der Waals surface area contributed by atoms with Gasteiger partial charge in [-0.15, -0.1) is 11.3 Å². The van der Waals surface area contributed by atoms with Crippen molar-refractivity contribution in [3.8, 4) is 0 Å². The Morgan fingerprint density at radius 1 is 1.05 bits per heavy atom. The SMILES string of the molecule is C=Cc1sc2c(ccc3c(=C/C)/c(=C\C)n(C)c32)c1C=C. The maximum absolute atomic E-state index is 3.96. The van der Waals surface area contributed by atoms with E-state index in [0.717, 1.165) is 0 Å². The van der Waals surface area contributed by atoms with Gasteiger partial charge in [-0.05, 0) is 19.4 Å². The monoisotopic (exact) mass is 293 g/mol. The first-order chi connectivity index (χ1) is 10.2. The molecule has 3 rings (SSSR count). The number of nitrogens with zero attached hydrogens (tertiary/aromatic N) is 1. The van der Waals surface area contributed by atoms with E-state index in [1.807, 2.05) is 12.2 Å². The molecule has 0 bridgehead atoms. The smallest absolute Gasteiger partial charge is 0.0670 e. The van der Waals surface area contributed by atoms with Gasteiger partial charge in [0.15, 0.2) is 0 Å². The molecule has 0 fully saturated rings. The summed E-state index contributed by atoms with van der Waals surface area (Å²) < 4.78 is 3.61. The van der Waals surface area contributed by atoms with Gasteiger partial charge in [-0.3, -0.25) is 0 Å². The van der Waals surface area contributed by atoms with Gasteiger partial charge in [-0.2, -0.15) is 0 Å². The van der Waals surface area contributed by atoms with Crippen LogP contribution in [0.15, 0.2) is 25.3 Å². The average molecular weight is 293 g/mol. The lowest BCUT2D eigenvalue weighted by Crippen LogP contribution is -2.26. The maximum Gasteiger partial charge on any atom is 0.0670 e. The second kappa shape index (κ2) is 5.05. The van der Waals surface area contributed by atoms with Crippen molar-refractivity contribution >= 4 is 56.6 Å². The number of aromatic nitrogens is 1. The Labute approximate surface area is 128 Å². The predicted molar refractivity (Wildman–Crippen MR) is 98.0 cm³/mol. The number of benzene rings is 1. The number of hydrogen-bond acceptors (Lipinski definition) is 1. The van der Waals surface area contributed by atoms with Crippen LogP contribution >= 0.6 is 11.3 Å². The second-order valence-corrected chi connectivity index (χ2v) is 6.11. The molecule has 0 amide bonds. The van der Waals surface area contributed by atoms with Gasteiger partial charge in [0.2, 0.25) is 0 Å². The van der Waals surface area contributed by atoms with Crippen LogP contribution in [0.1, 0.15) is 24.3 Å². The third kappa shape index (κ3) is 1.76. The fraction of sp³-hybridized carbons (Fsp3) is 0.158. The summed E-state index contributed by atoms with van der Waals surface area (Å²) in [7, 11) is 2.14. The highest BCUT2D eigenvalue weighted by atomic mass is 32.1. The lowest BCUT2D eigenvalue weighted by molar-refractivity contribution is 0.927. The summed E-state index contributed by atoms with van der Waals surface area (Å²) in [6.07, 6.45) is 8.23. The molecule has 0 aliphatic carbocycles. The van der Waals surface area contributed by atoms with Crippen LogP contribution in [0.4, 0.5) is 0 Å². The zero-order chi connectivity index (χ0) is 15.1. The summed E-state index contributed by atoms with van der Waals surface area (Å²) in [5, 5.41) is 5.16. The van der Waals surface area contributed by atoms with Crippen LogP contribution < -0.4 is 10.6 Å². The van der Waals surface area contributed by atoms with Gasteiger partial charge in [0, 0.05) is 33.3 Å². The largest absolute Gasteiger partial charge is 0.343 e. The fourth-order valence-corrected chi connectivity index (χ4v) is 4.43. The molecular weight excluding hydrogens is 274 g/mol. The molecule has 21 heavy (non-hydrogen) atoms. The minimum atomic E-state index is 1.19. The normalized spacial score (nSPS) is 13.5. The van der Waals surface area contributed by atoms with Crippen LogP contribution in [0.3, 0.4) is 0 Å². The molecule has 2 aromatic heterocycles. The van der Waals surface area contributed by atoms with Gasteiger partial charge < -0.3 is 4.57 Å². The Morgan fingerprint density at radius 2 is 1.76 bits per heavy atom. The summed E-state index contributed by atoms with van der Waals surface area (Å²) in [6, 6.07) is 4.44. The first kappa shape index (κ1) is 13.9. The Bertz CT molecular complexity index is 996. The molecule has 0 unspecified atom stereocenters. The van der Waals surface area contributed by atoms with E-state index < -0.39 is 0 Å². The Kier molecular flexibility index (Phi) is 3.34. The Hall–Kier alpha value is -2.06. The third-order valence-corrected chi connectivity index (χ3v) is 5.34. The Morgan fingerprint density at radius 3 is 2.33 bits per heavy atom. The molecule has 1 aromatic carbocycles. The molecule has 0 spiro atoms. The van der Waals surface area contributed by atoms with E-state index in [1.165, 1.54) is 42.0 Å². The van der Waals surface area contributed by atoms with Crippen molar-refractivity contribution in [2.45, 2.75) is 13.8 Å². The highest BCUT2D eigenvalue weighted by Gasteiger charge is 2.14. The molecular formula is C19H19NS. The minimum absolute atomic E-state index is 1.19. The lowest BCUT2D eigenvalue weighted by Gasteiger charge is -1.99. The van der Waals surface area contributed by atoms with E-state index in [4.69, 9.17) is 0 Å². The van der Waals surface area contributed by atoms with Crippen molar-refractivity contribution in [2.24, 2.45) is 7.05 Å². The molecule has 0 atom stereocenters. The van der Waals surface area contributed by atoms with Gasteiger partial charge in [-0.25, -0.2) is 0 Å². The van der Waals surface area contributed by atoms with Crippen molar-refractivity contribution in [3.05, 3.63) is 46.3 Å². The van der Waals surface area contributed by atoms with Crippen LogP contribution in [-0.4, -0.2) is 4.57 Å². The molecule has 1 nitrogen and oxygen atoms in total. The summed E-state index contributed by atoms with van der Waals surface area (Å²) in [6.45, 7) is 12.1. The molecule has 106 valence electrons. The van der Waals surface area contributed by atoms with Crippen LogP contribution in [0.5, 0.6) is 0 Å². The lowest BCUT2D eigenvalue weighted by atomic mass is 10.1. The average Bonchev–Trinajstić information content (AvgIpc) is 3.00. The van der Waals surface area contributed by atoms with Crippen LogP contribution in [0.25, 0.3) is 45.3 Å². The number of aryl methyl sites for hydroxylation is 1. The Balaban J connectivity index is 2.69. The van der Waals surface area contributed by atoms with Crippen molar-refractivity contribution in [2.75, 3.05) is 0 Å². The molecule has 0 aliphatic heterocycles. The molecule has 0 aliphatic rings. The van der Waals surface area contributed by atoms with Crippen molar-refractivity contribution in [1.29, 1.82) is 0 Å². The second-order valence-electron chi connectivity index (χ2n) is 5.06. The zero-order valence-electron chi connectivity index (χ0n) is 12.7. The molecule has 3 aromatic rings. The number of fused-ring (bicyclic) bond motifs is 3. The van der Waals surface area contributed by atoms with Crippen LogP contribution in [-0.2, 0) is 7.05 Å². The van der Waals surface area contributed by atoms with Crippen LogP contribution in [0, 0.1) is 0 Å². The summed E-state index contributed by atoms with van der Waals surface area (Å²) >= 11 is 1.80. The summed E-state index contributed by atoms with van der Waals surface area (Å²) in [5.74, 6) is 0.